The Bertz CT molecular complexity index is 353. The Morgan fingerprint density at radius 3 is 2.75 bits per heavy atom. The van der Waals surface area contributed by atoms with Gasteiger partial charge in [0.2, 0.25) is 0 Å². The van der Waals surface area contributed by atoms with Crippen molar-refractivity contribution < 1.29 is 9.53 Å². The first-order valence-corrected chi connectivity index (χ1v) is 6.41. The first-order valence-electron chi connectivity index (χ1n) is 5.62. The summed E-state index contributed by atoms with van der Waals surface area (Å²) < 4.78 is 6.30. The van der Waals surface area contributed by atoms with E-state index in [4.69, 9.17) is 4.74 Å². The molecule has 86 valence electrons. The average molecular weight is 283 g/mol. The average Bonchev–Trinajstić information content (AvgIpc) is 2.80. The molecular formula is C13H15BrO2. The van der Waals surface area contributed by atoms with Crippen molar-refractivity contribution in [2.75, 3.05) is 13.2 Å². The van der Waals surface area contributed by atoms with E-state index in [1.165, 1.54) is 0 Å². The van der Waals surface area contributed by atoms with Crippen LogP contribution >= 0.6 is 15.9 Å². The summed E-state index contributed by atoms with van der Waals surface area (Å²) in [7, 11) is 0. The Morgan fingerprint density at radius 1 is 1.38 bits per heavy atom. The van der Waals surface area contributed by atoms with Crippen molar-refractivity contribution in [3.8, 4) is 0 Å². The molecule has 1 aliphatic heterocycles. The summed E-state index contributed by atoms with van der Waals surface area (Å²) in [5.74, 6) is 0.818. The van der Waals surface area contributed by atoms with Gasteiger partial charge in [-0.15, -0.1) is 0 Å². The highest BCUT2D eigenvalue weighted by atomic mass is 79.9. The standard InChI is InChI=1S/C13H15BrO2/c14-12-4-2-11(3-5-12)13(15)6-1-10-7-8-16-9-10/h2-5,10H,1,6-9H2/t10-/m1/s1. The second-order valence-electron chi connectivity index (χ2n) is 4.20. The summed E-state index contributed by atoms with van der Waals surface area (Å²) in [6, 6.07) is 7.56. The van der Waals surface area contributed by atoms with Crippen LogP contribution < -0.4 is 0 Å². The fourth-order valence-corrected chi connectivity index (χ4v) is 2.19. The van der Waals surface area contributed by atoms with E-state index >= 15 is 0 Å². The van der Waals surface area contributed by atoms with Gasteiger partial charge >= 0.3 is 0 Å². The lowest BCUT2D eigenvalue weighted by Crippen LogP contribution is -2.05. The largest absolute Gasteiger partial charge is 0.381 e. The minimum Gasteiger partial charge on any atom is -0.381 e. The zero-order valence-corrected chi connectivity index (χ0v) is 10.7. The maximum atomic E-state index is 11.9. The number of ketones is 1. The van der Waals surface area contributed by atoms with Crippen molar-refractivity contribution >= 4 is 21.7 Å². The van der Waals surface area contributed by atoms with Gasteiger partial charge in [-0.05, 0) is 30.9 Å². The molecule has 0 spiro atoms. The predicted molar refractivity (Wildman–Crippen MR) is 66.6 cm³/mol. The summed E-state index contributed by atoms with van der Waals surface area (Å²) in [6.07, 6.45) is 2.69. The molecule has 0 amide bonds. The van der Waals surface area contributed by atoms with Crippen LogP contribution in [0.3, 0.4) is 0 Å². The molecule has 0 aliphatic carbocycles. The molecule has 0 bridgehead atoms. The molecule has 2 nitrogen and oxygen atoms in total. The number of halogens is 1. The SMILES string of the molecule is O=C(CC[C@@H]1CCOC1)c1ccc(Br)cc1. The van der Waals surface area contributed by atoms with Crippen LogP contribution in [0.4, 0.5) is 0 Å². The molecule has 3 heteroatoms. The number of hydrogen-bond acceptors (Lipinski definition) is 2. The highest BCUT2D eigenvalue weighted by Crippen LogP contribution is 2.20. The Morgan fingerprint density at radius 2 is 2.12 bits per heavy atom. The monoisotopic (exact) mass is 282 g/mol. The smallest absolute Gasteiger partial charge is 0.162 e. The minimum absolute atomic E-state index is 0.236. The van der Waals surface area contributed by atoms with Crippen molar-refractivity contribution in [3.63, 3.8) is 0 Å². The van der Waals surface area contributed by atoms with E-state index in [0.29, 0.717) is 12.3 Å². The Kier molecular flexibility index (Phi) is 4.13. The molecule has 1 aliphatic rings. The van der Waals surface area contributed by atoms with Gasteiger partial charge in [-0.3, -0.25) is 4.79 Å². The van der Waals surface area contributed by atoms with Crippen LogP contribution in [0.5, 0.6) is 0 Å². The van der Waals surface area contributed by atoms with Crippen LogP contribution in [0, 0.1) is 5.92 Å². The van der Waals surface area contributed by atoms with E-state index in [1.54, 1.807) is 0 Å². The van der Waals surface area contributed by atoms with Gasteiger partial charge in [0.1, 0.15) is 0 Å². The summed E-state index contributed by atoms with van der Waals surface area (Å²) in [4.78, 5) is 11.9. The number of carbonyl (C=O) groups excluding carboxylic acids is 1. The van der Waals surface area contributed by atoms with Crippen LogP contribution in [-0.4, -0.2) is 19.0 Å². The third kappa shape index (κ3) is 3.16. The highest BCUT2D eigenvalue weighted by molar-refractivity contribution is 9.10. The molecule has 16 heavy (non-hydrogen) atoms. The third-order valence-electron chi connectivity index (χ3n) is 2.97. The lowest BCUT2D eigenvalue weighted by molar-refractivity contribution is 0.0971. The second-order valence-corrected chi connectivity index (χ2v) is 5.11. The minimum atomic E-state index is 0.236. The molecule has 1 aromatic carbocycles. The van der Waals surface area contributed by atoms with Gasteiger partial charge in [0.15, 0.2) is 5.78 Å². The summed E-state index contributed by atoms with van der Waals surface area (Å²) in [6.45, 7) is 1.69. The first-order chi connectivity index (χ1) is 7.75. The molecule has 0 saturated carbocycles. The fourth-order valence-electron chi connectivity index (χ4n) is 1.93. The number of carbonyl (C=O) groups is 1. The van der Waals surface area contributed by atoms with Gasteiger partial charge in [0.05, 0.1) is 0 Å². The van der Waals surface area contributed by atoms with Crippen molar-refractivity contribution in [2.24, 2.45) is 5.92 Å². The second kappa shape index (κ2) is 5.60. The molecular weight excluding hydrogens is 268 g/mol. The maximum absolute atomic E-state index is 11.9. The van der Waals surface area contributed by atoms with E-state index < -0.39 is 0 Å². The van der Waals surface area contributed by atoms with Crippen LogP contribution in [0.2, 0.25) is 0 Å². The van der Waals surface area contributed by atoms with Crippen LogP contribution in [0.25, 0.3) is 0 Å². The van der Waals surface area contributed by atoms with Crippen LogP contribution in [0.15, 0.2) is 28.7 Å². The highest BCUT2D eigenvalue weighted by Gasteiger charge is 2.17. The van der Waals surface area contributed by atoms with Gasteiger partial charge in [0.25, 0.3) is 0 Å². The lowest BCUT2D eigenvalue weighted by Gasteiger charge is -2.06. The van der Waals surface area contributed by atoms with Gasteiger partial charge in [0, 0.05) is 29.7 Å². The van der Waals surface area contributed by atoms with Crippen molar-refractivity contribution in [2.45, 2.75) is 19.3 Å². The molecule has 1 aromatic rings. The molecule has 1 fully saturated rings. The Labute approximate surface area is 104 Å². The molecule has 0 unspecified atom stereocenters. The predicted octanol–water partition coefficient (Wildman–Crippen LogP) is 3.45. The number of rotatable bonds is 4. The number of benzene rings is 1. The maximum Gasteiger partial charge on any atom is 0.162 e. The summed E-state index contributed by atoms with van der Waals surface area (Å²) in [5, 5.41) is 0. The normalized spacial score (nSPS) is 19.9. The molecule has 2 rings (SSSR count). The van der Waals surface area contributed by atoms with Crippen LogP contribution in [0.1, 0.15) is 29.6 Å². The van der Waals surface area contributed by atoms with Crippen molar-refractivity contribution in [1.29, 1.82) is 0 Å². The molecule has 0 N–H and O–H groups in total. The van der Waals surface area contributed by atoms with E-state index in [-0.39, 0.29) is 5.78 Å². The topological polar surface area (TPSA) is 26.3 Å². The zero-order chi connectivity index (χ0) is 11.4. The quantitative estimate of drug-likeness (QED) is 0.791. The number of hydrogen-bond donors (Lipinski definition) is 0. The van der Waals surface area contributed by atoms with Crippen LogP contribution in [-0.2, 0) is 4.74 Å². The van der Waals surface area contributed by atoms with Gasteiger partial charge in [-0.2, -0.15) is 0 Å². The van der Waals surface area contributed by atoms with E-state index in [9.17, 15) is 4.79 Å². The van der Waals surface area contributed by atoms with Gasteiger partial charge in [-0.25, -0.2) is 0 Å². The van der Waals surface area contributed by atoms with Crippen molar-refractivity contribution in [1.82, 2.24) is 0 Å². The molecule has 1 saturated heterocycles. The molecule has 1 heterocycles. The Hall–Kier alpha value is -0.670. The molecule has 1 atom stereocenters. The van der Waals surface area contributed by atoms with Gasteiger partial charge in [-0.1, -0.05) is 28.1 Å². The summed E-state index contributed by atoms with van der Waals surface area (Å²) in [5.41, 5.74) is 0.808. The van der Waals surface area contributed by atoms with Gasteiger partial charge < -0.3 is 4.74 Å². The summed E-state index contributed by atoms with van der Waals surface area (Å²) >= 11 is 3.36. The molecule has 0 radical (unpaired) electrons. The lowest BCUT2D eigenvalue weighted by atomic mass is 9.98. The first kappa shape index (κ1) is 11.8. The number of Topliss-reactive ketones (excluding diaryl/α,β-unsaturated/α-hetero) is 1. The third-order valence-corrected chi connectivity index (χ3v) is 3.50. The van der Waals surface area contributed by atoms with E-state index in [0.717, 1.165) is 36.1 Å². The van der Waals surface area contributed by atoms with Crippen molar-refractivity contribution in [3.05, 3.63) is 34.3 Å². The zero-order valence-electron chi connectivity index (χ0n) is 9.12. The number of ether oxygens (including phenoxy) is 1. The van der Waals surface area contributed by atoms with E-state index in [2.05, 4.69) is 15.9 Å². The Balaban J connectivity index is 1.85. The van der Waals surface area contributed by atoms with E-state index in [1.807, 2.05) is 24.3 Å². The fraction of sp³-hybridized carbons (Fsp3) is 0.462. The molecule has 0 aromatic heterocycles.